The van der Waals surface area contributed by atoms with Crippen molar-refractivity contribution in [3.8, 4) is 5.75 Å². The molecule has 0 bridgehead atoms. The van der Waals surface area contributed by atoms with Crippen LogP contribution in [0, 0.1) is 0 Å². The van der Waals surface area contributed by atoms with Gasteiger partial charge in [0.1, 0.15) is 5.75 Å². The summed E-state index contributed by atoms with van der Waals surface area (Å²) in [7, 11) is 2.90. The molecule has 1 saturated carbocycles. The minimum Gasteiger partial charge on any atom is -0.406 e. The number of hydrogen-bond donors (Lipinski definition) is 0. The smallest absolute Gasteiger partial charge is 0.406 e. The Morgan fingerprint density at radius 2 is 1.55 bits per heavy atom. The zero-order valence-electron chi connectivity index (χ0n) is 12.1. The van der Waals surface area contributed by atoms with Crippen LogP contribution in [0.3, 0.4) is 0 Å². The maximum Gasteiger partial charge on any atom is 0.573 e. The number of fused-ring (bicyclic) bond motifs is 1. The molecule has 1 aliphatic carbocycles. The highest BCUT2D eigenvalue weighted by Crippen LogP contribution is 2.37. The van der Waals surface area contributed by atoms with E-state index in [1.165, 1.54) is 43.4 Å². The van der Waals surface area contributed by atoms with Gasteiger partial charge in [0.15, 0.2) is 0 Å². The van der Waals surface area contributed by atoms with Crippen LogP contribution in [0.5, 0.6) is 5.75 Å². The summed E-state index contributed by atoms with van der Waals surface area (Å²) in [6.45, 7) is 0. The summed E-state index contributed by atoms with van der Waals surface area (Å²) in [5, 5.41) is 1.73. The van der Waals surface area contributed by atoms with E-state index in [0.717, 1.165) is 16.4 Å². The predicted molar refractivity (Wildman–Crippen MR) is 85.3 cm³/mol. The second-order valence-electron chi connectivity index (χ2n) is 5.93. The van der Waals surface area contributed by atoms with Crippen LogP contribution in [0.25, 0.3) is 10.8 Å². The van der Waals surface area contributed by atoms with Crippen molar-refractivity contribution >= 4 is 20.0 Å². The average Bonchev–Trinajstić information content (AvgIpc) is 2.46. The van der Waals surface area contributed by atoms with Crippen LogP contribution in [-0.2, 0) is 0 Å². The number of halogens is 3. The van der Waals surface area contributed by atoms with Crippen LogP contribution in [0.15, 0.2) is 36.4 Å². The van der Waals surface area contributed by atoms with Crippen LogP contribution in [0.2, 0.25) is 0 Å². The van der Waals surface area contributed by atoms with Gasteiger partial charge in [0.2, 0.25) is 0 Å². The Hall–Kier alpha value is -1.28. The Morgan fingerprint density at radius 3 is 2.23 bits per heavy atom. The first-order valence-corrected chi connectivity index (χ1v) is 8.12. The molecule has 3 rings (SSSR count). The van der Waals surface area contributed by atoms with Crippen molar-refractivity contribution in [2.75, 3.05) is 0 Å². The normalized spacial score (nSPS) is 22.7. The molecule has 0 saturated heterocycles. The molecule has 0 spiro atoms. The van der Waals surface area contributed by atoms with Gasteiger partial charge in [0, 0.05) is 0 Å². The fraction of sp³-hybridized carbons (Fsp3) is 0.412. The highest BCUT2D eigenvalue weighted by atomic mass is 31.0. The molecule has 0 amide bonds. The second kappa shape index (κ2) is 6.08. The summed E-state index contributed by atoms with van der Waals surface area (Å²) in [6.07, 6.45) is 0.131. The predicted octanol–water partition coefficient (Wildman–Crippen LogP) is 5.64. The third-order valence-electron chi connectivity index (χ3n) is 4.31. The molecule has 1 atom stereocenters. The summed E-state index contributed by atoms with van der Waals surface area (Å²) in [4.78, 5) is 0. The lowest BCUT2D eigenvalue weighted by Crippen LogP contribution is -2.17. The van der Waals surface area contributed by atoms with Gasteiger partial charge in [-0.2, -0.15) is 0 Å². The molecule has 1 nitrogen and oxygen atoms in total. The molecule has 0 radical (unpaired) electrons. The van der Waals surface area contributed by atoms with Crippen molar-refractivity contribution in [1.82, 2.24) is 0 Å². The first-order chi connectivity index (χ1) is 10.4. The van der Waals surface area contributed by atoms with Crippen LogP contribution in [-0.4, -0.2) is 12.0 Å². The van der Waals surface area contributed by atoms with E-state index in [4.69, 9.17) is 0 Å². The summed E-state index contributed by atoms with van der Waals surface area (Å²) in [5.41, 5.74) is 2.01. The number of hydrogen-bond acceptors (Lipinski definition) is 1. The van der Waals surface area contributed by atoms with Crippen molar-refractivity contribution in [3.63, 3.8) is 0 Å². The SMILES string of the molecule is FC(F)(F)Oc1ccc2cc(C3CCC(P)CC3)ccc2c1. The Balaban J connectivity index is 1.83. The lowest BCUT2D eigenvalue weighted by Gasteiger charge is -2.26. The fourth-order valence-corrected chi connectivity index (χ4v) is 3.53. The third kappa shape index (κ3) is 3.73. The van der Waals surface area contributed by atoms with Crippen LogP contribution in [0.4, 0.5) is 13.2 Å². The minimum atomic E-state index is -4.65. The van der Waals surface area contributed by atoms with Gasteiger partial charge in [0.05, 0.1) is 0 Å². The van der Waals surface area contributed by atoms with Gasteiger partial charge in [-0.25, -0.2) is 0 Å². The van der Waals surface area contributed by atoms with E-state index in [1.54, 1.807) is 6.07 Å². The average molecular weight is 326 g/mol. The lowest BCUT2D eigenvalue weighted by molar-refractivity contribution is -0.274. The second-order valence-corrected chi connectivity index (χ2v) is 6.87. The Morgan fingerprint density at radius 1 is 0.909 bits per heavy atom. The number of rotatable bonds is 2. The number of benzene rings is 2. The zero-order valence-corrected chi connectivity index (χ0v) is 13.2. The van der Waals surface area contributed by atoms with Crippen LogP contribution < -0.4 is 4.74 Å². The maximum absolute atomic E-state index is 12.3. The van der Waals surface area contributed by atoms with Gasteiger partial charge in [0.25, 0.3) is 0 Å². The maximum atomic E-state index is 12.3. The molecule has 1 unspecified atom stereocenters. The third-order valence-corrected chi connectivity index (χ3v) is 4.98. The molecule has 1 fully saturated rings. The quantitative estimate of drug-likeness (QED) is 0.649. The Kier molecular flexibility index (Phi) is 4.31. The van der Waals surface area contributed by atoms with E-state index >= 15 is 0 Å². The molecular weight excluding hydrogens is 308 g/mol. The van der Waals surface area contributed by atoms with E-state index in [-0.39, 0.29) is 5.75 Å². The van der Waals surface area contributed by atoms with Gasteiger partial charge < -0.3 is 4.74 Å². The van der Waals surface area contributed by atoms with E-state index in [1.807, 2.05) is 12.1 Å². The number of ether oxygens (including phenoxy) is 1. The van der Waals surface area contributed by atoms with Crippen LogP contribution >= 0.6 is 9.24 Å². The Bertz CT molecular complexity index is 660. The summed E-state index contributed by atoms with van der Waals surface area (Å²) < 4.78 is 40.7. The van der Waals surface area contributed by atoms with Gasteiger partial charge >= 0.3 is 6.36 Å². The van der Waals surface area contributed by atoms with Gasteiger partial charge in [-0.3, -0.25) is 0 Å². The molecule has 0 heterocycles. The highest BCUT2D eigenvalue weighted by Gasteiger charge is 2.31. The molecule has 22 heavy (non-hydrogen) atoms. The first kappa shape index (κ1) is 15.6. The molecule has 0 aliphatic heterocycles. The summed E-state index contributed by atoms with van der Waals surface area (Å²) in [6, 6.07) is 10.5. The van der Waals surface area contributed by atoms with Crippen LogP contribution in [0.1, 0.15) is 37.2 Å². The van der Waals surface area contributed by atoms with Crippen molar-refractivity contribution in [1.29, 1.82) is 0 Å². The fourth-order valence-electron chi connectivity index (χ4n) is 3.15. The molecule has 0 aromatic heterocycles. The molecule has 1 aliphatic rings. The summed E-state index contributed by atoms with van der Waals surface area (Å²) in [5.74, 6) is 0.392. The summed E-state index contributed by atoms with van der Waals surface area (Å²) >= 11 is 0. The molecule has 2 aromatic carbocycles. The lowest BCUT2D eigenvalue weighted by atomic mass is 9.83. The largest absolute Gasteiger partial charge is 0.573 e. The Labute approximate surface area is 130 Å². The van der Waals surface area contributed by atoms with E-state index in [0.29, 0.717) is 5.92 Å². The van der Waals surface area contributed by atoms with Crippen molar-refractivity contribution in [2.45, 2.75) is 43.6 Å². The van der Waals surface area contributed by atoms with Crippen molar-refractivity contribution in [2.24, 2.45) is 0 Å². The standard InChI is InChI=1S/C17H18F3OP/c18-17(19,20)21-15-6-3-13-9-12(1-2-14(13)10-15)11-4-7-16(22)8-5-11/h1-3,6,9-11,16H,4-5,7-8,22H2. The van der Waals surface area contributed by atoms with Gasteiger partial charge in [-0.05, 0) is 65.7 Å². The van der Waals surface area contributed by atoms with Crippen molar-refractivity contribution < 1.29 is 17.9 Å². The molecule has 2 aromatic rings. The minimum absolute atomic E-state index is 0.170. The first-order valence-electron chi connectivity index (χ1n) is 7.46. The zero-order chi connectivity index (χ0) is 15.7. The molecule has 0 N–H and O–H groups in total. The highest BCUT2D eigenvalue weighted by molar-refractivity contribution is 7.17. The monoisotopic (exact) mass is 326 g/mol. The van der Waals surface area contributed by atoms with E-state index in [9.17, 15) is 13.2 Å². The molecular formula is C17H18F3OP. The van der Waals surface area contributed by atoms with Gasteiger partial charge in [-0.1, -0.05) is 24.3 Å². The topological polar surface area (TPSA) is 9.23 Å². The van der Waals surface area contributed by atoms with E-state index < -0.39 is 6.36 Å². The van der Waals surface area contributed by atoms with Crippen molar-refractivity contribution in [3.05, 3.63) is 42.0 Å². The van der Waals surface area contributed by atoms with E-state index in [2.05, 4.69) is 20.0 Å². The molecule has 118 valence electrons. The van der Waals surface area contributed by atoms with Gasteiger partial charge in [-0.15, -0.1) is 22.4 Å². The number of alkyl halides is 3. The molecule has 5 heteroatoms.